The molecule has 3 aromatic rings. The summed E-state index contributed by atoms with van der Waals surface area (Å²) in [7, 11) is 3.15. The van der Waals surface area contributed by atoms with E-state index in [2.05, 4.69) is 20.4 Å². The van der Waals surface area contributed by atoms with Crippen LogP contribution in [0.1, 0.15) is 6.92 Å². The maximum atomic E-state index is 12.8. The number of methoxy groups -OCH3 is 2. The Hall–Kier alpha value is -4.01. The van der Waals surface area contributed by atoms with E-state index >= 15 is 0 Å². The van der Waals surface area contributed by atoms with Crippen molar-refractivity contribution in [2.45, 2.75) is 6.92 Å². The average Bonchev–Trinajstić information content (AvgIpc) is 2.89. The van der Waals surface area contributed by atoms with Crippen LogP contribution in [0.4, 0.5) is 16.3 Å². The Morgan fingerprint density at radius 3 is 2.26 bits per heavy atom. The van der Waals surface area contributed by atoms with Crippen LogP contribution in [-0.4, -0.2) is 68.1 Å². The van der Waals surface area contributed by atoms with Crippen LogP contribution in [0.2, 0.25) is 0 Å². The summed E-state index contributed by atoms with van der Waals surface area (Å²) in [6.45, 7) is 5.07. The van der Waals surface area contributed by atoms with Crippen LogP contribution in [0.5, 0.6) is 17.2 Å². The van der Waals surface area contributed by atoms with Crippen LogP contribution in [0.3, 0.4) is 0 Å². The predicted octanol–water partition coefficient (Wildman–Crippen LogP) is 3.91. The van der Waals surface area contributed by atoms with E-state index < -0.39 is 0 Å². The monoisotopic (exact) mass is 463 g/mol. The van der Waals surface area contributed by atoms with Crippen molar-refractivity contribution in [1.29, 1.82) is 0 Å². The summed E-state index contributed by atoms with van der Waals surface area (Å²) < 4.78 is 16.1. The minimum absolute atomic E-state index is 0.178. The van der Waals surface area contributed by atoms with Crippen LogP contribution in [0, 0.1) is 0 Å². The zero-order valence-electron chi connectivity index (χ0n) is 19.7. The minimum atomic E-state index is -0.178. The zero-order chi connectivity index (χ0) is 23.9. The summed E-state index contributed by atoms with van der Waals surface area (Å²) in [6.07, 6.45) is 0. The van der Waals surface area contributed by atoms with Gasteiger partial charge < -0.3 is 29.3 Å². The van der Waals surface area contributed by atoms with Gasteiger partial charge in [-0.05, 0) is 55.5 Å². The van der Waals surface area contributed by atoms with Gasteiger partial charge in [0.05, 0.1) is 32.2 Å². The summed E-state index contributed by atoms with van der Waals surface area (Å²) in [6, 6.07) is 16.9. The van der Waals surface area contributed by atoms with Crippen molar-refractivity contribution in [3.8, 4) is 28.5 Å². The molecule has 2 heterocycles. The number of aromatic nitrogens is 2. The fourth-order valence-corrected chi connectivity index (χ4v) is 3.78. The molecule has 4 rings (SSSR count). The summed E-state index contributed by atoms with van der Waals surface area (Å²) in [5.74, 6) is 2.86. The molecule has 178 valence electrons. The van der Waals surface area contributed by atoms with Crippen molar-refractivity contribution in [3.63, 3.8) is 0 Å². The van der Waals surface area contributed by atoms with Crippen molar-refractivity contribution in [1.82, 2.24) is 15.1 Å². The lowest BCUT2D eigenvalue weighted by Crippen LogP contribution is -2.50. The first-order chi connectivity index (χ1) is 16.6. The number of anilines is 2. The second kappa shape index (κ2) is 10.7. The Morgan fingerprint density at radius 2 is 1.65 bits per heavy atom. The molecule has 0 atom stereocenters. The lowest BCUT2D eigenvalue weighted by Gasteiger charge is -2.35. The number of carbonyl (C=O) groups is 1. The molecule has 2 aromatic carbocycles. The van der Waals surface area contributed by atoms with E-state index in [0.29, 0.717) is 50.0 Å². The highest BCUT2D eigenvalue weighted by molar-refractivity contribution is 5.91. The number of nitrogens with one attached hydrogen (secondary N) is 1. The molecule has 34 heavy (non-hydrogen) atoms. The SMILES string of the molecule is CCOc1ccc(-c2ccc(N3CCN(C(=O)Nc4cc(OC)ccc4OC)CC3)nn2)cc1. The Labute approximate surface area is 199 Å². The Bertz CT molecular complexity index is 1100. The Kier molecular flexibility index (Phi) is 7.31. The van der Waals surface area contributed by atoms with Gasteiger partial charge in [0.1, 0.15) is 17.2 Å². The van der Waals surface area contributed by atoms with E-state index in [1.165, 1.54) is 0 Å². The standard InChI is InChI=1S/C25H29N5O4/c1-4-34-19-7-5-18(6-8-19)21-10-12-24(28-27-21)29-13-15-30(16-14-29)25(31)26-22-17-20(32-2)9-11-23(22)33-3/h5-12,17H,4,13-16H2,1-3H3,(H,26,31). The molecular weight excluding hydrogens is 434 g/mol. The Balaban J connectivity index is 1.34. The number of rotatable bonds is 7. The third-order valence-electron chi connectivity index (χ3n) is 5.65. The zero-order valence-corrected chi connectivity index (χ0v) is 19.7. The predicted molar refractivity (Wildman–Crippen MR) is 131 cm³/mol. The van der Waals surface area contributed by atoms with Gasteiger partial charge >= 0.3 is 6.03 Å². The number of benzene rings is 2. The molecule has 1 saturated heterocycles. The van der Waals surface area contributed by atoms with E-state index in [1.54, 1.807) is 37.3 Å². The van der Waals surface area contributed by atoms with E-state index in [4.69, 9.17) is 14.2 Å². The van der Waals surface area contributed by atoms with Crippen molar-refractivity contribution in [2.75, 3.05) is 57.2 Å². The van der Waals surface area contributed by atoms with Crippen molar-refractivity contribution in [2.24, 2.45) is 0 Å². The average molecular weight is 464 g/mol. The largest absolute Gasteiger partial charge is 0.497 e. The quantitative estimate of drug-likeness (QED) is 0.568. The number of amides is 2. The number of carbonyl (C=O) groups excluding carboxylic acids is 1. The van der Waals surface area contributed by atoms with Gasteiger partial charge in [0, 0.05) is 37.8 Å². The van der Waals surface area contributed by atoms with Gasteiger partial charge in [0.2, 0.25) is 0 Å². The Morgan fingerprint density at radius 1 is 0.912 bits per heavy atom. The van der Waals surface area contributed by atoms with Gasteiger partial charge in [-0.1, -0.05) is 0 Å². The van der Waals surface area contributed by atoms with Crippen LogP contribution in [0.25, 0.3) is 11.3 Å². The van der Waals surface area contributed by atoms with E-state index in [0.717, 1.165) is 22.8 Å². The van der Waals surface area contributed by atoms with Crippen LogP contribution < -0.4 is 24.4 Å². The van der Waals surface area contributed by atoms with Gasteiger partial charge in [-0.15, -0.1) is 10.2 Å². The summed E-state index contributed by atoms with van der Waals surface area (Å²) in [5.41, 5.74) is 2.36. The van der Waals surface area contributed by atoms with Crippen LogP contribution >= 0.6 is 0 Å². The molecule has 9 heteroatoms. The molecule has 1 fully saturated rings. The number of piperazine rings is 1. The second-order valence-corrected chi connectivity index (χ2v) is 7.70. The molecule has 0 radical (unpaired) electrons. The number of hydrogen-bond acceptors (Lipinski definition) is 7. The van der Waals surface area contributed by atoms with Gasteiger partial charge in [0.15, 0.2) is 5.82 Å². The van der Waals surface area contributed by atoms with Crippen LogP contribution in [0.15, 0.2) is 54.6 Å². The highest BCUT2D eigenvalue weighted by atomic mass is 16.5. The molecule has 1 N–H and O–H groups in total. The normalized spacial score (nSPS) is 13.4. The number of hydrogen-bond donors (Lipinski definition) is 1. The third kappa shape index (κ3) is 5.31. The van der Waals surface area contributed by atoms with E-state index in [-0.39, 0.29) is 6.03 Å². The molecule has 0 bridgehead atoms. The maximum Gasteiger partial charge on any atom is 0.322 e. The molecule has 0 unspecified atom stereocenters. The summed E-state index contributed by atoms with van der Waals surface area (Å²) in [5, 5.41) is 11.7. The fourth-order valence-electron chi connectivity index (χ4n) is 3.78. The first-order valence-electron chi connectivity index (χ1n) is 11.2. The maximum absolute atomic E-state index is 12.8. The van der Waals surface area contributed by atoms with Crippen molar-refractivity contribution in [3.05, 3.63) is 54.6 Å². The number of nitrogens with zero attached hydrogens (tertiary/aromatic N) is 4. The fraction of sp³-hybridized carbons (Fsp3) is 0.320. The summed E-state index contributed by atoms with van der Waals surface area (Å²) in [4.78, 5) is 16.7. The number of urea groups is 1. The number of ether oxygens (including phenoxy) is 3. The molecule has 0 saturated carbocycles. The van der Waals surface area contributed by atoms with E-state index in [1.807, 2.05) is 43.3 Å². The molecule has 1 aliphatic rings. The first-order valence-corrected chi connectivity index (χ1v) is 11.2. The van der Waals surface area contributed by atoms with Gasteiger partial charge in [-0.25, -0.2) is 4.79 Å². The van der Waals surface area contributed by atoms with Gasteiger partial charge in [-0.2, -0.15) is 0 Å². The molecule has 0 spiro atoms. The smallest absolute Gasteiger partial charge is 0.322 e. The highest BCUT2D eigenvalue weighted by Crippen LogP contribution is 2.29. The van der Waals surface area contributed by atoms with Gasteiger partial charge in [-0.3, -0.25) is 0 Å². The second-order valence-electron chi connectivity index (χ2n) is 7.70. The van der Waals surface area contributed by atoms with Crippen molar-refractivity contribution >= 4 is 17.5 Å². The molecule has 9 nitrogen and oxygen atoms in total. The molecule has 1 aliphatic heterocycles. The lowest BCUT2D eigenvalue weighted by molar-refractivity contribution is 0.208. The molecular formula is C25H29N5O4. The van der Waals surface area contributed by atoms with Crippen LogP contribution in [-0.2, 0) is 0 Å². The molecule has 2 amide bonds. The first kappa shape index (κ1) is 23.2. The molecule has 0 aliphatic carbocycles. The highest BCUT2D eigenvalue weighted by Gasteiger charge is 2.23. The summed E-state index contributed by atoms with van der Waals surface area (Å²) >= 11 is 0. The van der Waals surface area contributed by atoms with E-state index in [9.17, 15) is 4.79 Å². The third-order valence-corrected chi connectivity index (χ3v) is 5.65. The minimum Gasteiger partial charge on any atom is -0.497 e. The van der Waals surface area contributed by atoms with Gasteiger partial charge in [0.25, 0.3) is 0 Å². The van der Waals surface area contributed by atoms with Crippen molar-refractivity contribution < 1.29 is 19.0 Å². The lowest BCUT2D eigenvalue weighted by atomic mass is 10.1. The topological polar surface area (TPSA) is 89.1 Å². The molecule has 1 aromatic heterocycles.